The molecule has 1 atom stereocenters. The van der Waals surface area contributed by atoms with Gasteiger partial charge in [-0.05, 0) is 39.0 Å². The second-order valence-corrected chi connectivity index (χ2v) is 6.28. The van der Waals surface area contributed by atoms with Crippen molar-refractivity contribution >= 4 is 23.2 Å². The van der Waals surface area contributed by atoms with Crippen LogP contribution in [0.4, 0.5) is 5.69 Å². The molecule has 26 heavy (non-hydrogen) atoms. The van der Waals surface area contributed by atoms with Crippen LogP contribution in [-0.2, 0) is 6.42 Å². The molecule has 1 aliphatic rings. The van der Waals surface area contributed by atoms with Gasteiger partial charge >= 0.3 is 0 Å². The maximum Gasteiger partial charge on any atom is 0.261 e. The highest BCUT2D eigenvalue weighted by Gasteiger charge is 2.23. The number of anilines is 1. The van der Waals surface area contributed by atoms with Crippen molar-refractivity contribution in [3.63, 3.8) is 0 Å². The van der Waals surface area contributed by atoms with Crippen molar-refractivity contribution in [2.45, 2.75) is 33.3 Å². The Bertz CT molecular complexity index is 825. The van der Waals surface area contributed by atoms with Crippen LogP contribution in [0.15, 0.2) is 24.3 Å². The van der Waals surface area contributed by atoms with E-state index in [2.05, 4.69) is 10.3 Å². The van der Waals surface area contributed by atoms with Crippen LogP contribution in [-0.4, -0.2) is 30.2 Å². The van der Waals surface area contributed by atoms with Crippen LogP contribution in [0.2, 0.25) is 5.15 Å². The van der Waals surface area contributed by atoms with Gasteiger partial charge in [-0.3, -0.25) is 4.79 Å². The van der Waals surface area contributed by atoms with Crippen LogP contribution in [0.25, 0.3) is 0 Å². The number of benzene rings is 1. The molecule has 0 saturated carbocycles. The Morgan fingerprint density at radius 2 is 2.08 bits per heavy atom. The molecule has 0 bridgehead atoms. The lowest BCUT2D eigenvalue weighted by atomic mass is 10.1. The predicted molar refractivity (Wildman–Crippen MR) is 99.8 cm³/mol. The maximum absolute atomic E-state index is 12.8. The third-order valence-corrected chi connectivity index (χ3v) is 4.11. The van der Waals surface area contributed by atoms with E-state index in [1.807, 2.05) is 26.8 Å². The first-order chi connectivity index (χ1) is 12.5. The Balaban J connectivity index is 1.91. The zero-order valence-corrected chi connectivity index (χ0v) is 15.7. The zero-order valence-electron chi connectivity index (χ0n) is 15.0. The van der Waals surface area contributed by atoms with Gasteiger partial charge in [0.25, 0.3) is 5.91 Å². The molecule has 0 radical (unpaired) electrons. The average molecular weight is 377 g/mol. The average Bonchev–Trinajstić information content (AvgIpc) is 2.94. The molecule has 1 amide bonds. The molecule has 1 aromatic heterocycles. The minimum Gasteiger partial charge on any atom is -0.492 e. The van der Waals surface area contributed by atoms with Gasteiger partial charge in [-0.1, -0.05) is 11.6 Å². The molecular weight excluding hydrogens is 356 g/mol. The molecule has 0 fully saturated rings. The predicted octanol–water partition coefficient (Wildman–Crippen LogP) is 4.11. The first kappa shape index (κ1) is 18.3. The number of aromatic nitrogens is 1. The maximum atomic E-state index is 12.8. The van der Waals surface area contributed by atoms with Gasteiger partial charge in [0.1, 0.15) is 28.3 Å². The number of nitrogens with zero attached hydrogens (tertiary/aromatic N) is 1. The van der Waals surface area contributed by atoms with Crippen molar-refractivity contribution in [1.82, 2.24) is 4.98 Å². The Morgan fingerprint density at radius 3 is 2.81 bits per heavy atom. The number of amides is 1. The van der Waals surface area contributed by atoms with E-state index >= 15 is 0 Å². The summed E-state index contributed by atoms with van der Waals surface area (Å²) in [6.07, 6.45) is 0.926. The van der Waals surface area contributed by atoms with Gasteiger partial charge in [0.05, 0.1) is 18.9 Å². The summed E-state index contributed by atoms with van der Waals surface area (Å²) in [5, 5.41) is 3.13. The molecule has 1 aliphatic heterocycles. The van der Waals surface area contributed by atoms with Crippen molar-refractivity contribution in [3.05, 3.63) is 40.5 Å². The van der Waals surface area contributed by atoms with Gasteiger partial charge in [-0.25, -0.2) is 4.98 Å². The van der Waals surface area contributed by atoms with Crippen LogP contribution in [0.1, 0.15) is 36.7 Å². The van der Waals surface area contributed by atoms with Gasteiger partial charge in [-0.15, -0.1) is 0 Å². The largest absolute Gasteiger partial charge is 0.492 e. The zero-order chi connectivity index (χ0) is 18.7. The number of carbonyl (C=O) groups excluding carboxylic acids is 1. The SMILES string of the molecule is CCOc1cc2c(cc1NC(=O)c1ccc(Cl)nc1OCC)O[C@H](C)C2. The monoisotopic (exact) mass is 376 g/mol. The third kappa shape index (κ3) is 3.85. The Labute approximate surface area is 157 Å². The molecule has 2 aromatic rings. The number of pyridine rings is 1. The minimum atomic E-state index is -0.357. The molecule has 0 saturated heterocycles. The summed E-state index contributed by atoms with van der Waals surface area (Å²) < 4.78 is 16.9. The summed E-state index contributed by atoms with van der Waals surface area (Å²) in [5.41, 5.74) is 1.91. The fourth-order valence-corrected chi connectivity index (χ4v) is 2.98. The smallest absolute Gasteiger partial charge is 0.261 e. The molecule has 6 nitrogen and oxygen atoms in total. The van der Waals surface area contributed by atoms with Crippen LogP contribution in [0, 0.1) is 0 Å². The molecule has 7 heteroatoms. The Morgan fingerprint density at radius 1 is 1.31 bits per heavy atom. The van der Waals surface area contributed by atoms with E-state index in [1.165, 1.54) is 0 Å². The number of hydrogen-bond donors (Lipinski definition) is 1. The molecule has 0 spiro atoms. The second-order valence-electron chi connectivity index (χ2n) is 5.90. The van der Waals surface area contributed by atoms with Crippen molar-refractivity contribution in [2.75, 3.05) is 18.5 Å². The first-order valence-corrected chi connectivity index (χ1v) is 8.96. The van der Waals surface area contributed by atoms with Crippen LogP contribution >= 0.6 is 11.6 Å². The van der Waals surface area contributed by atoms with Crippen LogP contribution < -0.4 is 19.5 Å². The Hall–Kier alpha value is -2.47. The second kappa shape index (κ2) is 7.83. The van der Waals surface area contributed by atoms with Crippen LogP contribution in [0.3, 0.4) is 0 Å². The van der Waals surface area contributed by atoms with E-state index in [9.17, 15) is 4.79 Å². The molecule has 0 unspecified atom stereocenters. The minimum absolute atomic E-state index is 0.107. The molecule has 3 rings (SSSR count). The van der Waals surface area contributed by atoms with Crippen molar-refractivity contribution in [2.24, 2.45) is 0 Å². The highest BCUT2D eigenvalue weighted by Crippen LogP contribution is 2.38. The topological polar surface area (TPSA) is 69.7 Å². The van der Waals surface area contributed by atoms with Crippen LogP contribution in [0.5, 0.6) is 17.4 Å². The van der Waals surface area contributed by atoms with Crippen molar-refractivity contribution < 1.29 is 19.0 Å². The normalized spacial score (nSPS) is 15.2. The molecule has 1 aromatic carbocycles. The Kier molecular flexibility index (Phi) is 5.52. The fourth-order valence-electron chi connectivity index (χ4n) is 2.84. The lowest BCUT2D eigenvalue weighted by molar-refractivity contribution is 0.102. The number of halogens is 1. The number of fused-ring (bicyclic) bond motifs is 1. The standard InChI is InChI=1S/C19H21ClN2O4/c1-4-24-16-9-12-8-11(3)26-15(12)10-14(16)21-18(23)13-6-7-17(20)22-19(13)25-5-2/h6-7,9-11H,4-5,8H2,1-3H3,(H,21,23)/t11-/m1/s1. The molecule has 2 heterocycles. The van der Waals surface area contributed by atoms with Gasteiger partial charge in [0.15, 0.2) is 0 Å². The summed E-state index contributed by atoms with van der Waals surface area (Å²) >= 11 is 5.90. The van der Waals surface area contributed by atoms with E-state index in [-0.39, 0.29) is 23.0 Å². The highest BCUT2D eigenvalue weighted by atomic mass is 35.5. The molecule has 0 aliphatic carbocycles. The molecule has 1 N–H and O–H groups in total. The quantitative estimate of drug-likeness (QED) is 0.768. The first-order valence-electron chi connectivity index (χ1n) is 8.58. The lowest BCUT2D eigenvalue weighted by Crippen LogP contribution is -2.15. The number of nitrogens with one attached hydrogen (secondary N) is 1. The fraction of sp³-hybridized carbons (Fsp3) is 0.368. The highest BCUT2D eigenvalue weighted by molar-refractivity contribution is 6.29. The summed E-state index contributed by atoms with van der Waals surface area (Å²) in [4.78, 5) is 16.8. The van der Waals surface area contributed by atoms with Gasteiger partial charge in [0, 0.05) is 18.1 Å². The van der Waals surface area contributed by atoms with E-state index in [0.717, 1.165) is 17.7 Å². The summed E-state index contributed by atoms with van der Waals surface area (Å²) in [6, 6.07) is 6.85. The summed E-state index contributed by atoms with van der Waals surface area (Å²) in [5.74, 6) is 1.21. The van der Waals surface area contributed by atoms with Crippen molar-refractivity contribution in [1.29, 1.82) is 0 Å². The number of hydrogen-bond acceptors (Lipinski definition) is 5. The van der Waals surface area contributed by atoms with Gasteiger partial charge in [0.2, 0.25) is 5.88 Å². The molecule has 138 valence electrons. The van der Waals surface area contributed by atoms with E-state index < -0.39 is 0 Å². The van der Waals surface area contributed by atoms with E-state index in [4.69, 9.17) is 25.8 Å². The number of rotatable bonds is 6. The van der Waals surface area contributed by atoms with Gasteiger partial charge in [-0.2, -0.15) is 0 Å². The number of carbonyl (C=O) groups is 1. The summed E-state index contributed by atoms with van der Waals surface area (Å²) in [6.45, 7) is 6.59. The van der Waals surface area contributed by atoms with E-state index in [1.54, 1.807) is 18.2 Å². The lowest BCUT2D eigenvalue weighted by Gasteiger charge is -2.14. The summed E-state index contributed by atoms with van der Waals surface area (Å²) in [7, 11) is 0. The molecular formula is C19H21ClN2O4. The van der Waals surface area contributed by atoms with E-state index in [0.29, 0.717) is 30.2 Å². The number of ether oxygens (including phenoxy) is 3. The third-order valence-electron chi connectivity index (χ3n) is 3.90. The van der Waals surface area contributed by atoms with Gasteiger partial charge < -0.3 is 19.5 Å². The van der Waals surface area contributed by atoms with Crippen molar-refractivity contribution in [3.8, 4) is 17.4 Å².